The Morgan fingerprint density at radius 1 is 0.643 bits per heavy atom. The average molecular weight is 602 g/mol. The first kappa shape index (κ1) is 39.7. The number of carbonyl (C=O) groups excluding carboxylic acids is 2. The van der Waals surface area contributed by atoms with Crippen molar-refractivity contribution in [3.05, 3.63) is 0 Å². The number of carbonyl (C=O) groups is 2. The molecule has 0 saturated carbocycles. The van der Waals surface area contributed by atoms with Gasteiger partial charge in [-0.2, -0.15) is 0 Å². The lowest BCUT2D eigenvalue weighted by atomic mass is 9.96. The molecule has 0 aliphatic carbocycles. The maximum atomic E-state index is 12.1. The second kappa shape index (κ2) is 20.6. The fourth-order valence-corrected chi connectivity index (χ4v) is 3.89. The van der Waals surface area contributed by atoms with E-state index in [9.17, 15) is 30.0 Å². The summed E-state index contributed by atoms with van der Waals surface area (Å²) in [5.41, 5.74) is -0.500. The summed E-state index contributed by atoms with van der Waals surface area (Å²) in [6.07, 6.45) is -0.666. The molecule has 0 aromatic heterocycles. The second-order valence-corrected chi connectivity index (χ2v) is 11.8. The Kier molecular flexibility index (Phi) is 19.4. The van der Waals surface area contributed by atoms with Crippen molar-refractivity contribution in [2.75, 3.05) is 26.2 Å². The number of rotatable bonds is 23. The lowest BCUT2D eigenvalue weighted by Gasteiger charge is -2.29. The number of hydrogen-bond donors (Lipinski definition) is 11. The van der Waals surface area contributed by atoms with Gasteiger partial charge >= 0.3 is 0 Å². The van der Waals surface area contributed by atoms with E-state index in [1.807, 2.05) is 6.92 Å². The van der Waals surface area contributed by atoms with Crippen LogP contribution in [0.1, 0.15) is 99.3 Å². The highest BCUT2D eigenvalue weighted by molar-refractivity contribution is 5.83. The average Bonchev–Trinajstić information content (AvgIpc) is 2.97. The van der Waals surface area contributed by atoms with E-state index in [1.54, 1.807) is 13.8 Å². The molecule has 0 fully saturated rings. The number of nitrogens with one attached hydrogen (secondary N) is 7. The minimum Gasteiger partial charge on any atom is -0.387 e. The van der Waals surface area contributed by atoms with Gasteiger partial charge in [0.05, 0.1) is 11.7 Å². The SMILES string of the molecule is CCC(C)(C)NC(=O)[C@@H](O)[C@H](O)[C@H](O)[C@@H](O)C(=O)NCCNC(=N)CCCCCCC(=N)NCCNC(C)(CC)CC. The molecule has 0 bridgehead atoms. The maximum Gasteiger partial charge on any atom is 0.252 e. The van der Waals surface area contributed by atoms with Crippen molar-refractivity contribution in [1.82, 2.24) is 26.6 Å². The molecule has 0 heterocycles. The Bertz CT molecular complexity index is 822. The zero-order valence-electron chi connectivity index (χ0n) is 26.6. The van der Waals surface area contributed by atoms with E-state index in [1.165, 1.54) is 0 Å². The minimum absolute atomic E-state index is 0.0512. The number of aliphatic hydroxyl groups excluding tert-OH is 4. The Balaban J connectivity index is 4.04. The second-order valence-electron chi connectivity index (χ2n) is 11.8. The number of hydrogen-bond acceptors (Lipinski definition) is 9. The third-order valence-electron chi connectivity index (χ3n) is 7.82. The molecule has 13 nitrogen and oxygen atoms in total. The van der Waals surface area contributed by atoms with Crippen LogP contribution in [0.2, 0.25) is 0 Å². The fraction of sp³-hybridized carbons (Fsp3) is 0.862. The van der Waals surface area contributed by atoms with Crippen LogP contribution in [0, 0.1) is 10.8 Å². The molecule has 246 valence electrons. The van der Waals surface area contributed by atoms with Gasteiger partial charge < -0.3 is 47.0 Å². The lowest BCUT2D eigenvalue weighted by Crippen LogP contribution is -2.57. The maximum absolute atomic E-state index is 12.1. The molecule has 0 radical (unpaired) electrons. The highest BCUT2D eigenvalue weighted by atomic mass is 16.4. The van der Waals surface area contributed by atoms with Crippen LogP contribution < -0.4 is 26.6 Å². The van der Waals surface area contributed by atoms with Crippen LogP contribution in [-0.2, 0) is 9.59 Å². The van der Waals surface area contributed by atoms with Crippen molar-refractivity contribution >= 4 is 23.5 Å². The Morgan fingerprint density at radius 2 is 1.07 bits per heavy atom. The van der Waals surface area contributed by atoms with E-state index < -0.39 is 41.8 Å². The summed E-state index contributed by atoms with van der Waals surface area (Å²) in [6, 6.07) is 0. The first-order chi connectivity index (χ1) is 19.6. The smallest absolute Gasteiger partial charge is 0.252 e. The summed E-state index contributed by atoms with van der Waals surface area (Å²) in [5, 5.41) is 70.8. The summed E-state index contributed by atoms with van der Waals surface area (Å²) in [5.74, 6) is -1.04. The highest BCUT2D eigenvalue weighted by Crippen LogP contribution is 2.13. The van der Waals surface area contributed by atoms with Gasteiger partial charge in [0.15, 0.2) is 12.2 Å². The predicted molar refractivity (Wildman–Crippen MR) is 166 cm³/mol. The molecule has 42 heavy (non-hydrogen) atoms. The largest absolute Gasteiger partial charge is 0.387 e. The van der Waals surface area contributed by atoms with E-state index in [4.69, 9.17) is 10.8 Å². The third-order valence-corrected chi connectivity index (χ3v) is 7.82. The van der Waals surface area contributed by atoms with Gasteiger partial charge in [-0.25, -0.2) is 0 Å². The normalized spacial score (nSPS) is 14.8. The lowest BCUT2D eigenvalue weighted by molar-refractivity contribution is -0.156. The zero-order chi connectivity index (χ0) is 32.3. The predicted octanol–water partition coefficient (Wildman–Crippen LogP) is 0.494. The van der Waals surface area contributed by atoms with Crippen molar-refractivity contribution < 1.29 is 30.0 Å². The fourth-order valence-electron chi connectivity index (χ4n) is 3.89. The van der Waals surface area contributed by atoms with Crippen LogP contribution in [0.25, 0.3) is 0 Å². The van der Waals surface area contributed by atoms with E-state index in [0.29, 0.717) is 30.9 Å². The van der Waals surface area contributed by atoms with Crippen molar-refractivity contribution in [3.8, 4) is 0 Å². The molecule has 2 amide bonds. The molecular formula is C29H59N7O6. The van der Waals surface area contributed by atoms with Crippen LogP contribution in [0.4, 0.5) is 0 Å². The van der Waals surface area contributed by atoms with Crippen molar-refractivity contribution in [1.29, 1.82) is 10.8 Å². The van der Waals surface area contributed by atoms with Crippen molar-refractivity contribution in [2.45, 2.75) is 135 Å². The van der Waals surface area contributed by atoms with Crippen molar-refractivity contribution in [2.24, 2.45) is 0 Å². The molecule has 4 atom stereocenters. The summed E-state index contributed by atoms with van der Waals surface area (Å²) in [6.45, 7) is 13.7. The van der Waals surface area contributed by atoms with Gasteiger partial charge in [0.1, 0.15) is 12.2 Å². The van der Waals surface area contributed by atoms with Crippen LogP contribution >= 0.6 is 0 Å². The number of amidine groups is 2. The first-order valence-electron chi connectivity index (χ1n) is 15.3. The Morgan fingerprint density at radius 3 is 1.52 bits per heavy atom. The van der Waals surface area contributed by atoms with Gasteiger partial charge in [0, 0.05) is 50.1 Å². The van der Waals surface area contributed by atoms with Crippen LogP contribution in [-0.4, -0.2) is 106 Å². The molecule has 0 unspecified atom stereocenters. The summed E-state index contributed by atoms with van der Waals surface area (Å²) >= 11 is 0. The third kappa shape index (κ3) is 16.4. The van der Waals surface area contributed by atoms with E-state index in [2.05, 4.69) is 47.4 Å². The quantitative estimate of drug-likeness (QED) is 0.0445. The van der Waals surface area contributed by atoms with Gasteiger partial charge in [-0.1, -0.05) is 33.6 Å². The van der Waals surface area contributed by atoms with Crippen LogP contribution in [0.3, 0.4) is 0 Å². The summed E-state index contributed by atoms with van der Waals surface area (Å²) in [4.78, 5) is 24.3. The van der Waals surface area contributed by atoms with Gasteiger partial charge in [-0.15, -0.1) is 0 Å². The van der Waals surface area contributed by atoms with Crippen LogP contribution in [0.15, 0.2) is 0 Å². The topological polar surface area (TPSA) is 223 Å². The molecule has 0 rings (SSSR count). The Labute approximate surface area is 252 Å². The van der Waals surface area contributed by atoms with E-state index >= 15 is 0 Å². The minimum atomic E-state index is -2.08. The molecular weight excluding hydrogens is 542 g/mol. The van der Waals surface area contributed by atoms with Gasteiger partial charge in [-0.3, -0.25) is 20.4 Å². The molecule has 0 aliphatic heterocycles. The highest BCUT2D eigenvalue weighted by Gasteiger charge is 2.38. The molecule has 0 saturated heterocycles. The van der Waals surface area contributed by atoms with Crippen molar-refractivity contribution in [3.63, 3.8) is 0 Å². The number of unbranched alkanes of at least 4 members (excludes halogenated alkanes) is 3. The standard InChI is InChI=1S/C29H59N7O6/c1-7-28(4,5)36-27(42)25(40)23(38)22(37)24(39)26(41)34-17-16-32-20(30)14-12-10-11-13-15-21(31)33-18-19-35-29(6,8-2)9-3/h22-25,35,37-40H,7-19H2,1-6H3,(H2,30,32)(H2,31,33)(H,34,41)(H,36,42)/t22-,23+,24+,25-/m0/s1. The molecule has 0 spiro atoms. The van der Waals surface area contributed by atoms with Gasteiger partial charge in [0.2, 0.25) is 0 Å². The van der Waals surface area contributed by atoms with Gasteiger partial charge in [0.25, 0.3) is 11.8 Å². The first-order valence-corrected chi connectivity index (χ1v) is 15.3. The zero-order valence-corrected chi connectivity index (χ0v) is 26.6. The van der Waals surface area contributed by atoms with Gasteiger partial charge in [-0.05, 0) is 52.9 Å². The Hall–Kier alpha value is -2.32. The molecule has 13 heteroatoms. The molecule has 11 N–H and O–H groups in total. The molecule has 0 aromatic carbocycles. The van der Waals surface area contributed by atoms with E-state index in [0.717, 1.165) is 51.6 Å². The van der Waals surface area contributed by atoms with Crippen LogP contribution in [0.5, 0.6) is 0 Å². The molecule has 0 aliphatic rings. The number of aliphatic hydroxyl groups is 4. The molecule has 0 aromatic rings. The number of amides is 2. The van der Waals surface area contributed by atoms with E-state index in [-0.39, 0.29) is 18.6 Å². The monoisotopic (exact) mass is 601 g/mol. The summed E-state index contributed by atoms with van der Waals surface area (Å²) in [7, 11) is 0. The summed E-state index contributed by atoms with van der Waals surface area (Å²) < 4.78 is 0.